The van der Waals surface area contributed by atoms with Crippen molar-refractivity contribution in [2.75, 3.05) is 11.9 Å². The van der Waals surface area contributed by atoms with Crippen molar-refractivity contribution in [1.29, 1.82) is 0 Å². The van der Waals surface area contributed by atoms with Crippen molar-refractivity contribution in [3.05, 3.63) is 41.3 Å². The van der Waals surface area contributed by atoms with Gasteiger partial charge in [0, 0.05) is 28.8 Å². The van der Waals surface area contributed by atoms with Gasteiger partial charge in [0.05, 0.1) is 24.9 Å². The van der Waals surface area contributed by atoms with Gasteiger partial charge in [-0.1, -0.05) is 0 Å². The van der Waals surface area contributed by atoms with Crippen LogP contribution in [0.5, 0.6) is 0 Å². The van der Waals surface area contributed by atoms with E-state index in [9.17, 15) is 4.79 Å². The lowest BCUT2D eigenvalue weighted by Crippen LogP contribution is -2.17. The first-order chi connectivity index (χ1) is 10.3. The molecular weight excluding hydrogens is 270 g/mol. The standard InChI is InChI=1S/C14H13N5O2/c20-14(13-10-7-21-4-3-11(10)18-19-13)16-9-2-1-8-6-15-17-12(8)5-9/h1-2,5-6H,3-4,7H2,(H,15,17)(H,16,20)(H,18,19). The van der Waals surface area contributed by atoms with E-state index in [2.05, 4.69) is 25.7 Å². The molecule has 3 N–H and O–H groups in total. The third kappa shape index (κ3) is 2.07. The first kappa shape index (κ1) is 12.1. The Morgan fingerprint density at radius 2 is 2.29 bits per heavy atom. The summed E-state index contributed by atoms with van der Waals surface area (Å²) in [6, 6.07) is 5.58. The van der Waals surface area contributed by atoms with Crippen molar-refractivity contribution < 1.29 is 9.53 Å². The molecule has 0 saturated carbocycles. The fraction of sp³-hybridized carbons (Fsp3) is 0.214. The summed E-state index contributed by atoms with van der Waals surface area (Å²) in [5, 5.41) is 17.7. The molecule has 7 heteroatoms. The lowest BCUT2D eigenvalue weighted by molar-refractivity contribution is 0.0985. The van der Waals surface area contributed by atoms with Gasteiger partial charge in [-0.15, -0.1) is 0 Å². The Morgan fingerprint density at radius 3 is 3.24 bits per heavy atom. The molecule has 0 radical (unpaired) electrons. The summed E-state index contributed by atoms with van der Waals surface area (Å²) in [6.07, 6.45) is 2.50. The molecular formula is C14H13N5O2. The van der Waals surface area contributed by atoms with E-state index in [1.807, 2.05) is 18.2 Å². The van der Waals surface area contributed by atoms with Crippen LogP contribution in [-0.2, 0) is 17.8 Å². The van der Waals surface area contributed by atoms with Crippen LogP contribution >= 0.6 is 0 Å². The second kappa shape index (κ2) is 4.71. The number of hydrogen-bond donors (Lipinski definition) is 3. The van der Waals surface area contributed by atoms with Gasteiger partial charge in [0.1, 0.15) is 0 Å². The minimum atomic E-state index is -0.239. The highest BCUT2D eigenvalue weighted by Gasteiger charge is 2.22. The van der Waals surface area contributed by atoms with Crippen LogP contribution < -0.4 is 5.32 Å². The second-order valence-corrected chi connectivity index (χ2v) is 4.96. The molecule has 4 rings (SSSR count). The highest BCUT2D eigenvalue weighted by molar-refractivity contribution is 6.04. The van der Waals surface area contributed by atoms with Gasteiger partial charge in [-0.2, -0.15) is 10.2 Å². The number of amides is 1. The molecule has 1 amide bonds. The van der Waals surface area contributed by atoms with Crippen molar-refractivity contribution in [3.63, 3.8) is 0 Å². The van der Waals surface area contributed by atoms with Crippen LogP contribution in [0.1, 0.15) is 21.7 Å². The molecule has 21 heavy (non-hydrogen) atoms. The smallest absolute Gasteiger partial charge is 0.276 e. The fourth-order valence-corrected chi connectivity index (χ4v) is 2.50. The van der Waals surface area contributed by atoms with Gasteiger partial charge in [-0.25, -0.2) is 0 Å². The van der Waals surface area contributed by atoms with E-state index in [4.69, 9.17) is 4.74 Å². The third-order valence-corrected chi connectivity index (χ3v) is 3.61. The van der Waals surface area contributed by atoms with Crippen molar-refractivity contribution >= 4 is 22.5 Å². The predicted octanol–water partition coefficient (Wildman–Crippen LogP) is 1.61. The Balaban J connectivity index is 1.61. The van der Waals surface area contributed by atoms with Gasteiger partial charge in [0.15, 0.2) is 5.69 Å². The molecule has 0 aliphatic carbocycles. The number of carbonyl (C=O) groups excluding carboxylic acids is 1. The molecule has 1 aromatic carbocycles. The van der Waals surface area contributed by atoms with E-state index in [1.54, 1.807) is 6.20 Å². The van der Waals surface area contributed by atoms with Gasteiger partial charge >= 0.3 is 0 Å². The number of aromatic nitrogens is 4. The zero-order valence-corrected chi connectivity index (χ0v) is 11.1. The predicted molar refractivity (Wildman–Crippen MR) is 76.0 cm³/mol. The molecule has 1 aliphatic rings. The van der Waals surface area contributed by atoms with E-state index < -0.39 is 0 Å². The van der Waals surface area contributed by atoms with E-state index in [0.29, 0.717) is 24.6 Å². The number of ether oxygens (including phenoxy) is 1. The summed E-state index contributed by atoms with van der Waals surface area (Å²) in [6.45, 7) is 1.08. The molecule has 0 bridgehead atoms. The second-order valence-electron chi connectivity index (χ2n) is 4.96. The number of rotatable bonds is 2. The largest absolute Gasteiger partial charge is 0.376 e. The van der Waals surface area contributed by atoms with Gasteiger partial charge in [0.25, 0.3) is 5.91 Å². The number of H-pyrrole nitrogens is 2. The van der Waals surface area contributed by atoms with Crippen molar-refractivity contribution in [3.8, 4) is 0 Å². The van der Waals surface area contributed by atoms with Crippen LogP contribution in [0.4, 0.5) is 5.69 Å². The normalized spacial score (nSPS) is 14.1. The van der Waals surface area contributed by atoms with E-state index >= 15 is 0 Å². The zero-order chi connectivity index (χ0) is 14.2. The number of aromatic amines is 2. The van der Waals surface area contributed by atoms with Crippen LogP contribution in [0.25, 0.3) is 10.9 Å². The van der Waals surface area contributed by atoms with E-state index in [1.165, 1.54) is 0 Å². The first-order valence-corrected chi connectivity index (χ1v) is 6.69. The van der Waals surface area contributed by atoms with Gasteiger partial charge < -0.3 is 10.1 Å². The molecule has 2 aromatic heterocycles. The van der Waals surface area contributed by atoms with Crippen molar-refractivity contribution in [1.82, 2.24) is 20.4 Å². The topological polar surface area (TPSA) is 95.7 Å². The molecule has 7 nitrogen and oxygen atoms in total. The number of hydrogen-bond acceptors (Lipinski definition) is 4. The average Bonchev–Trinajstić information content (AvgIpc) is 3.13. The molecule has 0 spiro atoms. The fourth-order valence-electron chi connectivity index (χ4n) is 2.50. The lowest BCUT2D eigenvalue weighted by atomic mass is 10.1. The average molecular weight is 283 g/mol. The maximum Gasteiger partial charge on any atom is 0.276 e. The van der Waals surface area contributed by atoms with Crippen LogP contribution in [0.15, 0.2) is 24.4 Å². The maximum atomic E-state index is 12.3. The minimum Gasteiger partial charge on any atom is -0.376 e. The minimum absolute atomic E-state index is 0.239. The van der Waals surface area contributed by atoms with Gasteiger partial charge in [-0.05, 0) is 18.2 Å². The quantitative estimate of drug-likeness (QED) is 0.665. The van der Waals surface area contributed by atoms with Crippen molar-refractivity contribution in [2.45, 2.75) is 13.0 Å². The molecule has 3 heterocycles. The molecule has 0 atom stereocenters. The first-order valence-electron chi connectivity index (χ1n) is 6.69. The molecule has 106 valence electrons. The van der Waals surface area contributed by atoms with Crippen LogP contribution in [0, 0.1) is 0 Å². The summed E-state index contributed by atoms with van der Waals surface area (Å²) >= 11 is 0. The van der Waals surface area contributed by atoms with Gasteiger partial charge in [-0.3, -0.25) is 15.0 Å². The molecule has 0 fully saturated rings. The number of fused-ring (bicyclic) bond motifs is 2. The number of nitrogens with zero attached hydrogens (tertiary/aromatic N) is 2. The summed E-state index contributed by atoms with van der Waals surface area (Å²) in [5.74, 6) is -0.239. The highest BCUT2D eigenvalue weighted by atomic mass is 16.5. The lowest BCUT2D eigenvalue weighted by Gasteiger charge is -2.12. The molecule has 0 saturated heterocycles. The van der Waals surface area contributed by atoms with Gasteiger partial charge in [0.2, 0.25) is 0 Å². The summed E-state index contributed by atoms with van der Waals surface area (Å²) in [4.78, 5) is 12.3. The maximum absolute atomic E-state index is 12.3. The van der Waals surface area contributed by atoms with Crippen molar-refractivity contribution in [2.24, 2.45) is 0 Å². The molecule has 0 unspecified atom stereocenters. The number of benzene rings is 1. The van der Waals surface area contributed by atoms with E-state index in [-0.39, 0.29) is 5.91 Å². The molecule has 1 aliphatic heterocycles. The summed E-state index contributed by atoms with van der Waals surface area (Å²) < 4.78 is 5.39. The summed E-state index contributed by atoms with van der Waals surface area (Å²) in [5.41, 5.74) is 3.80. The third-order valence-electron chi connectivity index (χ3n) is 3.61. The number of nitrogens with one attached hydrogen (secondary N) is 3. The van der Waals surface area contributed by atoms with Crippen LogP contribution in [0.2, 0.25) is 0 Å². The Labute approximate surface area is 119 Å². The number of anilines is 1. The monoisotopic (exact) mass is 283 g/mol. The van der Waals surface area contributed by atoms with Crippen LogP contribution in [0.3, 0.4) is 0 Å². The Kier molecular flexibility index (Phi) is 2.71. The Morgan fingerprint density at radius 1 is 1.33 bits per heavy atom. The van der Waals surface area contributed by atoms with Crippen LogP contribution in [-0.4, -0.2) is 32.9 Å². The SMILES string of the molecule is O=C(Nc1ccc2cn[nH]c2c1)c1n[nH]c2c1COCC2. The number of carbonyl (C=O) groups is 1. The Bertz CT molecular complexity index is 820. The molecule has 3 aromatic rings. The zero-order valence-electron chi connectivity index (χ0n) is 11.1. The highest BCUT2D eigenvalue weighted by Crippen LogP contribution is 2.21. The summed E-state index contributed by atoms with van der Waals surface area (Å²) in [7, 11) is 0. The van der Waals surface area contributed by atoms with E-state index in [0.717, 1.165) is 28.6 Å². The Hall–Kier alpha value is -2.67.